The smallest absolute Gasteiger partial charge is 0.334 e. The lowest BCUT2D eigenvalue weighted by Gasteiger charge is -2.15. The number of carboxylic acids is 1. The van der Waals surface area contributed by atoms with Gasteiger partial charge in [0.05, 0.1) is 16.5 Å². The van der Waals surface area contributed by atoms with Crippen molar-refractivity contribution in [1.82, 2.24) is 0 Å². The van der Waals surface area contributed by atoms with Gasteiger partial charge in [0.2, 0.25) is 0 Å². The van der Waals surface area contributed by atoms with Gasteiger partial charge in [0.15, 0.2) is 6.04 Å². The molecule has 1 aromatic heterocycles. The van der Waals surface area contributed by atoms with E-state index in [1.165, 1.54) is 0 Å². The van der Waals surface area contributed by atoms with E-state index in [1.807, 2.05) is 19.2 Å². The van der Waals surface area contributed by atoms with Crippen LogP contribution in [0.15, 0.2) is 34.7 Å². The van der Waals surface area contributed by atoms with Crippen LogP contribution in [0, 0.1) is 6.92 Å². The highest BCUT2D eigenvalue weighted by molar-refractivity contribution is 7.97. The highest BCUT2D eigenvalue weighted by Gasteiger charge is 2.24. The summed E-state index contributed by atoms with van der Waals surface area (Å²) in [6, 6.07) is 7.91. The van der Waals surface area contributed by atoms with Crippen LogP contribution in [-0.2, 0) is 10.5 Å². The van der Waals surface area contributed by atoms with Gasteiger partial charge >= 0.3 is 5.97 Å². The lowest BCUT2D eigenvalue weighted by atomic mass is 10.2. The van der Waals surface area contributed by atoms with Crippen molar-refractivity contribution in [2.24, 2.45) is 0 Å². The van der Waals surface area contributed by atoms with Gasteiger partial charge in [-0.15, -0.1) is 0 Å². The second kappa shape index (κ2) is 6.91. The molecular weight excluding hydrogens is 310 g/mol. The number of benzene rings is 1. The van der Waals surface area contributed by atoms with Crippen molar-refractivity contribution >= 4 is 35.0 Å². The Morgan fingerprint density at radius 1 is 1.43 bits per heavy atom. The molecule has 112 valence electrons. The molecule has 2 aromatic rings. The van der Waals surface area contributed by atoms with Gasteiger partial charge < -0.3 is 14.8 Å². The number of anilines is 1. The molecule has 1 aromatic carbocycles. The second-order valence-corrected chi connectivity index (χ2v) is 5.91. The van der Waals surface area contributed by atoms with Gasteiger partial charge in [0.25, 0.3) is 0 Å². The normalized spacial score (nSPS) is 12.1. The molecule has 1 heterocycles. The van der Waals surface area contributed by atoms with E-state index < -0.39 is 12.0 Å². The number of aryl methyl sites for hydroxylation is 1. The van der Waals surface area contributed by atoms with E-state index in [2.05, 4.69) is 5.32 Å². The number of rotatable bonds is 6. The first-order chi connectivity index (χ1) is 10.0. The lowest BCUT2D eigenvalue weighted by molar-refractivity contribution is -0.138. The summed E-state index contributed by atoms with van der Waals surface area (Å²) in [6.45, 7) is 1.92. The van der Waals surface area contributed by atoms with Crippen molar-refractivity contribution in [2.45, 2.75) is 18.7 Å². The first kappa shape index (κ1) is 15.8. The molecule has 2 N–H and O–H groups in total. The van der Waals surface area contributed by atoms with Crippen molar-refractivity contribution < 1.29 is 14.3 Å². The lowest BCUT2D eigenvalue weighted by Crippen LogP contribution is -2.20. The zero-order valence-electron chi connectivity index (χ0n) is 11.7. The van der Waals surface area contributed by atoms with Crippen LogP contribution < -0.4 is 5.32 Å². The number of thioether (sulfide) groups is 1. The minimum atomic E-state index is -1.02. The number of hydrogen-bond donors (Lipinski definition) is 2. The largest absolute Gasteiger partial charge is 0.479 e. The van der Waals surface area contributed by atoms with Crippen molar-refractivity contribution in [3.05, 3.63) is 52.4 Å². The van der Waals surface area contributed by atoms with Crippen LogP contribution in [0.2, 0.25) is 5.02 Å². The molecule has 0 radical (unpaired) electrons. The van der Waals surface area contributed by atoms with Gasteiger partial charge in [-0.1, -0.05) is 17.7 Å². The fraction of sp³-hybridized carbons (Fsp3) is 0.267. The molecule has 4 nitrogen and oxygen atoms in total. The maximum absolute atomic E-state index is 11.5. The summed E-state index contributed by atoms with van der Waals surface area (Å²) >= 11 is 7.74. The average Bonchev–Trinajstić information content (AvgIpc) is 2.86. The van der Waals surface area contributed by atoms with Crippen LogP contribution in [0.5, 0.6) is 0 Å². The van der Waals surface area contributed by atoms with Gasteiger partial charge in [0, 0.05) is 0 Å². The topological polar surface area (TPSA) is 62.5 Å². The molecule has 1 unspecified atom stereocenters. The fourth-order valence-corrected chi connectivity index (χ4v) is 2.65. The van der Waals surface area contributed by atoms with Gasteiger partial charge in [-0.25, -0.2) is 4.79 Å². The second-order valence-electron chi connectivity index (χ2n) is 4.64. The van der Waals surface area contributed by atoms with Crippen molar-refractivity contribution in [2.75, 3.05) is 11.6 Å². The molecule has 1 atom stereocenters. The molecule has 2 rings (SSSR count). The third-order valence-corrected chi connectivity index (χ3v) is 3.81. The Balaban J connectivity index is 2.24. The summed E-state index contributed by atoms with van der Waals surface area (Å²) in [6.07, 6.45) is 1.96. The Morgan fingerprint density at radius 3 is 2.81 bits per heavy atom. The van der Waals surface area contributed by atoms with Crippen LogP contribution in [0.3, 0.4) is 0 Å². The molecule has 0 bridgehead atoms. The van der Waals surface area contributed by atoms with Crippen LogP contribution in [0.1, 0.15) is 23.1 Å². The molecule has 0 saturated heterocycles. The summed E-state index contributed by atoms with van der Waals surface area (Å²) in [7, 11) is 0. The van der Waals surface area contributed by atoms with Crippen molar-refractivity contribution in [3.8, 4) is 0 Å². The molecule has 0 spiro atoms. The van der Waals surface area contributed by atoms with E-state index in [4.69, 9.17) is 16.0 Å². The van der Waals surface area contributed by atoms with Crippen molar-refractivity contribution in [3.63, 3.8) is 0 Å². The number of hydrogen-bond acceptors (Lipinski definition) is 4. The van der Waals surface area contributed by atoms with Crippen LogP contribution in [-0.4, -0.2) is 17.3 Å². The van der Waals surface area contributed by atoms with Gasteiger partial charge in [-0.05, 0) is 43.0 Å². The minimum absolute atomic E-state index is 0.364. The predicted molar refractivity (Wildman–Crippen MR) is 86.1 cm³/mol. The monoisotopic (exact) mass is 325 g/mol. The summed E-state index contributed by atoms with van der Waals surface area (Å²) in [4.78, 5) is 11.5. The zero-order valence-corrected chi connectivity index (χ0v) is 13.3. The predicted octanol–water partition coefficient (Wildman–Crippen LogP) is 4.34. The molecule has 0 amide bonds. The molecule has 0 aliphatic carbocycles. The third-order valence-electron chi connectivity index (χ3n) is 2.92. The standard InChI is InChI=1S/C15H16ClNO3S/c1-9-3-5-12(11(16)7-9)17-14(15(18)19)13-6-4-10(20-13)8-21-2/h3-7,14,17H,8H2,1-2H3,(H,18,19). The first-order valence-electron chi connectivity index (χ1n) is 6.34. The number of carbonyl (C=O) groups is 1. The minimum Gasteiger partial charge on any atom is -0.479 e. The maximum Gasteiger partial charge on any atom is 0.334 e. The number of nitrogens with one attached hydrogen (secondary N) is 1. The number of furan rings is 1. The Morgan fingerprint density at radius 2 is 2.19 bits per heavy atom. The summed E-state index contributed by atoms with van der Waals surface area (Å²) < 4.78 is 5.58. The first-order valence-corrected chi connectivity index (χ1v) is 8.11. The molecule has 21 heavy (non-hydrogen) atoms. The highest BCUT2D eigenvalue weighted by Crippen LogP contribution is 2.28. The van der Waals surface area contributed by atoms with E-state index >= 15 is 0 Å². The summed E-state index contributed by atoms with van der Waals surface area (Å²) in [5.41, 5.74) is 1.58. The molecule has 6 heteroatoms. The molecule has 0 saturated carbocycles. The van der Waals surface area contributed by atoms with Gasteiger partial charge in [0.1, 0.15) is 11.5 Å². The van der Waals surface area contributed by atoms with Crippen molar-refractivity contribution in [1.29, 1.82) is 0 Å². The number of carboxylic acid groups (broad SMARTS) is 1. The van der Waals surface area contributed by atoms with E-state index in [0.717, 1.165) is 11.3 Å². The van der Waals surface area contributed by atoms with Crippen LogP contribution in [0.4, 0.5) is 5.69 Å². The highest BCUT2D eigenvalue weighted by atomic mass is 35.5. The van der Waals surface area contributed by atoms with E-state index in [-0.39, 0.29) is 0 Å². The Labute approximate surface area is 132 Å². The SMILES string of the molecule is CSCc1ccc(C(Nc2ccc(C)cc2Cl)C(=O)O)o1. The van der Waals surface area contributed by atoms with E-state index in [0.29, 0.717) is 22.2 Å². The zero-order chi connectivity index (χ0) is 15.4. The number of halogens is 1. The van der Waals surface area contributed by atoms with Gasteiger partial charge in [-0.3, -0.25) is 0 Å². The van der Waals surface area contributed by atoms with Gasteiger partial charge in [-0.2, -0.15) is 11.8 Å². The number of aliphatic carboxylic acids is 1. The summed E-state index contributed by atoms with van der Waals surface area (Å²) in [5, 5.41) is 12.8. The molecular formula is C15H16ClNO3S. The maximum atomic E-state index is 11.5. The molecule has 0 aliphatic rings. The Kier molecular flexibility index (Phi) is 5.20. The quantitative estimate of drug-likeness (QED) is 0.827. The average molecular weight is 326 g/mol. The molecule has 0 fully saturated rings. The summed E-state index contributed by atoms with van der Waals surface area (Å²) in [5.74, 6) is 0.804. The molecule has 0 aliphatic heterocycles. The van der Waals surface area contributed by atoms with E-state index in [1.54, 1.807) is 36.0 Å². The Bertz CT molecular complexity index is 642. The van der Waals surface area contributed by atoms with Crippen LogP contribution >= 0.6 is 23.4 Å². The van der Waals surface area contributed by atoms with E-state index in [9.17, 15) is 9.90 Å². The Hall–Kier alpha value is -1.59. The third kappa shape index (κ3) is 3.95. The van der Waals surface area contributed by atoms with Crippen LogP contribution in [0.25, 0.3) is 0 Å². The fourth-order valence-electron chi connectivity index (χ4n) is 1.92.